The molecule has 78 valence electrons. The van der Waals surface area contributed by atoms with Crippen molar-refractivity contribution < 1.29 is 5.11 Å². The lowest BCUT2D eigenvalue weighted by Gasteiger charge is -2.19. The quantitative estimate of drug-likeness (QED) is 0.679. The summed E-state index contributed by atoms with van der Waals surface area (Å²) < 4.78 is 0. The largest absolute Gasteiger partial charge is 0.508 e. The summed E-state index contributed by atoms with van der Waals surface area (Å²) in [7, 11) is 0. The van der Waals surface area contributed by atoms with Gasteiger partial charge < -0.3 is 16.2 Å². The number of hydrogen-bond acceptors (Lipinski definition) is 3. The zero-order chi connectivity index (χ0) is 10.6. The molecular weight excluding hydrogens is 176 g/mol. The van der Waals surface area contributed by atoms with Gasteiger partial charge in [0.25, 0.3) is 0 Å². The van der Waals surface area contributed by atoms with Crippen LogP contribution >= 0.6 is 0 Å². The number of hydrogen-bond donors (Lipinski definition) is 3. The molecule has 0 radical (unpaired) electrons. The van der Waals surface area contributed by atoms with Crippen LogP contribution < -0.4 is 11.1 Å². The standard InChI is InChI=1S/C11H18N2O/c1-8(7-12)13-9(2)10-4-3-5-11(14)6-10/h3-6,8-9,13-14H,7,12H2,1-2H3. The van der Waals surface area contributed by atoms with E-state index >= 15 is 0 Å². The van der Waals surface area contributed by atoms with Gasteiger partial charge in [0, 0.05) is 18.6 Å². The molecule has 0 saturated carbocycles. The molecule has 0 saturated heterocycles. The first-order chi connectivity index (χ1) is 6.63. The molecule has 0 heterocycles. The van der Waals surface area contributed by atoms with Crippen LogP contribution in [0.2, 0.25) is 0 Å². The lowest BCUT2D eigenvalue weighted by molar-refractivity contribution is 0.464. The summed E-state index contributed by atoms with van der Waals surface area (Å²) >= 11 is 0. The minimum absolute atomic E-state index is 0.209. The van der Waals surface area contributed by atoms with Crippen molar-refractivity contribution in [2.24, 2.45) is 5.73 Å². The highest BCUT2D eigenvalue weighted by Crippen LogP contribution is 2.17. The minimum Gasteiger partial charge on any atom is -0.508 e. The molecule has 1 rings (SSSR count). The van der Waals surface area contributed by atoms with Crippen molar-refractivity contribution in [3.8, 4) is 5.75 Å². The number of nitrogens with two attached hydrogens (primary N) is 1. The van der Waals surface area contributed by atoms with Crippen molar-refractivity contribution in [1.82, 2.24) is 5.32 Å². The average molecular weight is 194 g/mol. The maximum Gasteiger partial charge on any atom is 0.115 e. The Labute approximate surface area is 84.9 Å². The SMILES string of the molecule is CC(CN)NC(C)c1cccc(O)c1. The Morgan fingerprint density at radius 3 is 2.71 bits per heavy atom. The number of phenolic OH excluding ortho intramolecular Hbond substituents is 1. The Hall–Kier alpha value is -1.06. The van der Waals surface area contributed by atoms with Gasteiger partial charge in [-0.2, -0.15) is 0 Å². The molecule has 2 unspecified atom stereocenters. The van der Waals surface area contributed by atoms with Gasteiger partial charge in [-0.3, -0.25) is 0 Å². The summed E-state index contributed by atoms with van der Waals surface area (Å²) in [6, 6.07) is 7.76. The third kappa shape index (κ3) is 3.01. The second kappa shape index (κ2) is 4.98. The van der Waals surface area contributed by atoms with Crippen LogP contribution in [0, 0.1) is 0 Å². The van der Waals surface area contributed by atoms with Crippen LogP contribution in [0.15, 0.2) is 24.3 Å². The third-order valence-electron chi connectivity index (χ3n) is 2.26. The fourth-order valence-corrected chi connectivity index (χ4v) is 1.39. The molecule has 0 aliphatic heterocycles. The molecule has 0 fully saturated rings. The summed E-state index contributed by atoms with van der Waals surface area (Å²) in [6.45, 7) is 4.71. The summed E-state index contributed by atoms with van der Waals surface area (Å²) in [5.74, 6) is 0.302. The molecule has 14 heavy (non-hydrogen) atoms. The van der Waals surface area contributed by atoms with Crippen LogP contribution in [-0.4, -0.2) is 17.7 Å². The van der Waals surface area contributed by atoms with Crippen LogP contribution in [0.4, 0.5) is 0 Å². The molecule has 0 spiro atoms. The minimum atomic E-state index is 0.209. The van der Waals surface area contributed by atoms with E-state index in [1.807, 2.05) is 19.1 Å². The Kier molecular flexibility index (Phi) is 3.92. The smallest absolute Gasteiger partial charge is 0.115 e. The first-order valence-corrected chi connectivity index (χ1v) is 4.88. The van der Waals surface area contributed by atoms with Gasteiger partial charge in [-0.25, -0.2) is 0 Å². The zero-order valence-corrected chi connectivity index (χ0v) is 8.70. The van der Waals surface area contributed by atoms with Gasteiger partial charge in [-0.05, 0) is 31.5 Å². The summed E-state index contributed by atoms with van der Waals surface area (Å²) in [6.07, 6.45) is 0. The van der Waals surface area contributed by atoms with Crippen molar-refractivity contribution >= 4 is 0 Å². The lowest BCUT2D eigenvalue weighted by Crippen LogP contribution is -2.34. The molecule has 0 aromatic heterocycles. The predicted octanol–water partition coefficient (Wildman–Crippen LogP) is 1.39. The van der Waals surface area contributed by atoms with Gasteiger partial charge in [0.2, 0.25) is 0 Å². The molecule has 3 heteroatoms. The van der Waals surface area contributed by atoms with E-state index in [0.29, 0.717) is 12.3 Å². The van der Waals surface area contributed by atoms with Crippen molar-refractivity contribution in [2.45, 2.75) is 25.9 Å². The summed E-state index contributed by atoms with van der Waals surface area (Å²) in [5, 5.41) is 12.6. The van der Waals surface area contributed by atoms with Crippen LogP contribution in [0.5, 0.6) is 5.75 Å². The van der Waals surface area contributed by atoms with Crippen molar-refractivity contribution in [3.05, 3.63) is 29.8 Å². The molecule has 3 nitrogen and oxygen atoms in total. The molecule has 2 atom stereocenters. The second-order valence-corrected chi connectivity index (χ2v) is 3.62. The van der Waals surface area contributed by atoms with E-state index in [9.17, 15) is 5.11 Å². The fraction of sp³-hybridized carbons (Fsp3) is 0.455. The number of phenols is 1. The van der Waals surface area contributed by atoms with E-state index in [1.54, 1.807) is 12.1 Å². The highest BCUT2D eigenvalue weighted by Gasteiger charge is 2.08. The number of nitrogens with one attached hydrogen (secondary N) is 1. The van der Waals surface area contributed by atoms with Gasteiger partial charge in [0.1, 0.15) is 5.75 Å². The zero-order valence-electron chi connectivity index (χ0n) is 8.70. The molecule has 1 aromatic carbocycles. The molecule has 1 aromatic rings. The normalized spacial score (nSPS) is 15.1. The number of benzene rings is 1. The predicted molar refractivity (Wildman–Crippen MR) is 58.2 cm³/mol. The first kappa shape index (κ1) is 11.0. The Morgan fingerprint density at radius 1 is 1.43 bits per heavy atom. The highest BCUT2D eigenvalue weighted by molar-refractivity contribution is 5.29. The van der Waals surface area contributed by atoms with E-state index in [2.05, 4.69) is 12.2 Å². The molecule has 0 aliphatic rings. The van der Waals surface area contributed by atoms with Crippen molar-refractivity contribution in [2.75, 3.05) is 6.54 Å². The van der Waals surface area contributed by atoms with Crippen molar-refractivity contribution in [3.63, 3.8) is 0 Å². The first-order valence-electron chi connectivity index (χ1n) is 4.88. The van der Waals surface area contributed by atoms with Crippen LogP contribution in [0.3, 0.4) is 0 Å². The maximum absolute atomic E-state index is 9.30. The van der Waals surface area contributed by atoms with Gasteiger partial charge >= 0.3 is 0 Å². The second-order valence-electron chi connectivity index (χ2n) is 3.62. The highest BCUT2D eigenvalue weighted by atomic mass is 16.3. The number of rotatable bonds is 4. The molecule has 4 N–H and O–H groups in total. The van der Waals surface area contributed by atoms with E-state index < -0.39 is 0 Å². The summed E-state index contributed by atoms with van der Waals surface area (Å²) in [5.41, 5.74) is 6.59. The van der Waals surface area contributed by atoms with Gasteiger partial charge in [-0.1, -0.05) is 12.1 Å². The Morgan fingerprint density at radius 2 is 2.14 bits per heavy atom. The third-order valence-corrected chi connectivity index (χ3v) is 2.26. The van der Waals surface area contributed by atoms with E-state index in [0.717, 1.165) is 5.56 Å². The van der Waals surface area contributed by atoms with Crippen molar-refractivity contribution in [1.29, 1.82) is 0 Å². The Balaban J connectivity index is 2.64. The Bertz CT molecular complexity index is 288. The fourth-order valence-electron chi connectivity index (χ4n) is 1.39. The van der Waals surface area contributed by atoms with E-state index in [-0.39, 0.29) is 12.1 Å². The average Bonchev–Trinajstić information content (AvgIpc) is 2.17. The maximum atomic E-state index is 9.30. The van der Waals surface area contributed by atoms with Gasteiger partial charge in [-0.15, -0.1) is 0 Å². The van der Waals surface area contributed by atoms with Crippen LogP contribution in [0.1, 0.15) is 25.5 Å². The van der Waals surface area contributed by atoms with E-state index in [1.165, 1.54) is 0 Å². The molecule has 0 aliphatic carbocycles. The van der Waals surface area contributed by atoms with Gasteiger partial charge in [0.05, 0.1) is 0 Å². The topological polar surface area (TPSA) is 58.3 Å². The van der Waals surface area contributed by atoms with E-state index in [4.69, 9.17) is 5.73 Å². The molecular formula is C11H18N2O. The monoisotopic (exact) mass is 194 g/mol. The molecule has 0 bridgehead atoms. The number of aromatic hydroxyl groups is 1. The lowest BCUT2D eigenvalue weighted by atomic mass is 10.1. The van der Waals surface area contributed by atoms with Crippen LogP contribution in [-0.2, 0) is 0 Å². The molecule has 0 amide bonds. The van der Waals surface area contributed by atoms with Crippen LogP contribution in [0.25, 0.3) is 0 Å². The summed E-state index contributed by atoms with van der Waals surface area (Å²) in [4.78, 5) is 0. The van der Waals surface area contributed by atoms with Gasteiger partial charge in [0.15, 0.2) is 0 Å².